The lowest BCUT2D eigenvalue weighted by Gasteiger charge is -2.17. The molecule has 0 amide bonds. The van der Waals surface area contributed by atoms with Crippen LogP contribution in [0, 0.1) is 0 Å². The van der Waals surface area contributed by atoms with Crippen LogP contribution in [0.4, 0.5) is 11.7 Å². The second kappa shape index (κ2) is 5.69. The number of anilines is 2. The summed E-state index contributed by atoms with van der Waals surface area (Å²) in [5.41, 5.74) is 0.835. The summed E-state index contributed by atoms with van der Waals surface area (Å²) < 4.78 is 6.48. The lowest BCUT2D eigenvalue weighted by molar-refractivity contribution is 0.368. The Morgan fingerprint density at radius 1 is 1.16 bits per heavy atom. The van der Waals surface area contributed by atoms with Crippen LogP contribution in [-0.2, 0) is 0 Å². The van der Waals surface area contributed by atoms with Crippen LogP contribution in [0.5, 0.6) is 0 Å². The van der Waals surface area contributed by atoms with Gasteiger partial charge in [-0.3, -0.25) is 0 Å². The van der Waals surface area contributed by atoms with Gasteiger partial charge in [0.05, 0.1) is 11.9 Å². The average Bonchev–Trinajstić information content (AvgIpc) is 2.91. The van der Waals surface area contributed by atoms with E-state index in [1.807, 2.05) is 12.1 Å². The average molecular weight is 323 g/mol. The van der Waals surface area contributed by atoms with Crippen LogP contribution in [0.25, 0.3) is 0 Å². The molecule has 1 aliphatic carbocycles. The van der Waals surface area contributed by atoms with Crippen LogP contribution < -0.4 is 5.32 Å². The molecule has 3 rings (SSSR count). The molecule has 0 atom stereocenters. The lowest BCUT2D eigenvalue weighted by atomic mass is 9.89. The Bertz CT molecular complexity index is 534. The first kappa shape index (κ1) is 12.6. The van der Waals surface area contributed by atoms with Crippen molar-refractivity contribution in [1.29, 1.82) is 0 Å². The van der Waals surface area contributed by atoms with Crippen LogP contribution >= 0.6 is 15.9 Å². The van der Waals surface area contributed by atoms with E-state index < -0.39 is 0 Å². The highest BCUT2D eigenvalue weighted by Gasteiger charge is 2.21. The van der Waals surface area contributed by atoms with E-state index in [1.165, 1.54) is 19.3 Å². The predicted molar refractivity (Wildman–Crippen MR) is 75.3 cm³/mol. The van der Waals surface area contributed by atoms with Gasteiger partial charge in [-0.15, -0.1) is 5.10 Å². The molecule has 0 radical (unpaired) electrons. The summed E-state index contributed by atoms with van der Waals surface area (Å²) in [7, 11) is 0. The Morgan fingerprint density at radius 3 is 2.74 bits per heavy atom. The van der Waals surface area contributed by atoms with Gasteiger partial charge in [-0.25, -0.2) is 4.98 Å². The SMILES string of the molecule is Brc1ccc(Nc2nnc(C3CCCCC3)o2)cn1. The molecule has 100 valence electrons. The van der Waals surface area contributed by atoms with E-state index in [2.05, 4.69) is 36.4 Å². The third-order valence-corrected chi connectivity index (χ3v) is 3.84. The maximum absolute atomic E-state index is 5.68. The maximum Gasteiger partial charge on any atom is 0.320 e. The molecule has 0 unspecified atom stereocenters. The van der Waals surface area contributed by atoms with Gasteiger partial charge >= 0.3 is 6.01 Å². The monoisotopic (exact) mass is 322 g/mol. The minimum atomic E-state index is 0.430. The summed E-state index contributed by atoms with van der Waals surface area (Å²) in [6, 6.07) is 4.20. The smallest absolute Gasteiger partial charge is 0.320 e. The first-order valence-corrected chi connectivity index (χ1v) is 7.32. The molecule has 1 N–H and O–H groups in total. The first-order chi connectivity index (χ1) is 9.31. The van der Waals surface area contributed by atoms with Gasteiger partial charge in [-0.2, -0.15) is 0 Å². The van der Waals surface area contributed by atoms with Crippen molar-refractivity contribution in [3.05, 3.63) is 28.8 Å². The number of nitrogens with one attached hydrogen (secondary N) is 1. The first-order valence-electron chi connectivity index (χ1n) is 6.53. The Kier molecular flexibility index (Phi) is 3.77. The van der Waals surface area contributed by atoms with Gasteiger partial charge in [0.2, 0.25) is 5.89 Å². The van der Waals surface area contributed by atoms with Crippen molar-refractivity contribution in [3.8, 4) is 0 Å². The summed E-state index contributed by atoms with van der Waals surface area (Å²) in [4.78, 5) is 4.14. The summed E-state index contributed by atoms with van der Waals surface area (Å²) in [5, 5.41) is 11.3. The maximum atomic E-state index is 5.68. The van der Waals surface area contributed by atoms with Crippen LogP contribution in [0.2, 0.25) is 0 Å². The summed E-state index contributed by atoms with van der Waals surface area (Å²) in [5.74, 6) is 1.19. The van der Waals surface area contributed by atoms with Crippen molar-refractivity contribution in [2.45, 2.75) is 38.0 Å². The standard InChI is InChI=1S/C13H15BrN4O/c14-11-7-6-10(8-15-11)16-13-18-17-12(19-13)9-4-2-1-3-5-9/h6-9H,1-5H2,(H,16,18). The third kappa shape index (κ3) is 3.12. The normalized spacial score (nSPS) is 16.5. The lowest BCUT2D eigenvalue weighted by Crippen LogP contribution is -2.04. The van der Waals surface area contributed by atoms with Crippen LogP contribution in [0.3, 0.4) is 0 Å². The molecule has 0 saturated heterocycles. The minimum absolute atomic E-state index is 0.430. The van der Waals surface area contributed by atoms with E-state index in [0.29, 0.717) is 11.9 Å². The molecule has 0 spiro atoms. The molecule has 19 heavy (non-hydrogen) atoms. The zero-order valence-corrected chi connectivity index (χ0v) is 12.1. The number of aromatic nitrogens is 3. The molecule has 1 fully saturated rings. The molecule has 0 aliphatic heterocycles. The third-order valence-electron chi connectivity index (χ3n) is 3.37. The number of pyridine rings is 1. The fourth-order valence-electron chi connectivity index (χ4n) is 2.37. The van der Waals surface area contributed by atoms with Crippen LogP contribution in [0.1, 0.15) is 43.9 Å². The molecule has 5 nitrogen and oxygen atoms in total. The Labute approximate surface area is 120 Å². The Hall–Kier alpha value is -1.43. The van der Waals surface area contributed by atoms with Crippen LogP contribution in [-0.4, -0.2) is 15.2 Å². The predicted octanol–water partition coefficient (Wildman–Crippen LogP) is 4.02. The van der Waals surface area contributed by atoms with E-state index in [-0.39, 0.29) is 0 Å². The quantitative estimate of drug-likeness (QED) is 0.864. The van der Waals surface area contributed by atoms with Crippen molar-refractivity contribution in [3.63, 3.8) is 0 Å². The van der Waals surface area contributed by atoms with Gasteiger partial charge in [0.15, 0.2) is 0 Å². The summed E-state index contributed by atoms with van der Waals surface area (Å²) in [6.45, 7) is 0. The van der Waals surface area contributed by atoms with Gasteiger partial charge in [0.1, 0.15) is 4.60 Å². The number of hydrogen-bond acceptors (Lipinski definition) is 5. The van der Waals surface area contributed by atoms with Gasteiger partial charge in [0.25, 0.3) is 0 Å². The summed E-state index contributed by atoms with van der Waals surface area (Å²) in [6.07, 6.45) is 7.86. The van der Waals surface area contributed by atoms with Gasteiger partial charge in [-0.1, -0.05) is 24.4 Å². The van der Waals surface area contributed by atoms with Gasteiger partial charge < -0.3 is 9.73 Å². The Balaban J connectivity index is 1.68. The zero-order valence-electron chi connectivity index (χ0n) is 10.5. The Morgan fingerprint density at radius 2 is 2.00 bits per heavy atom. The largest absolute Gasteiger partial charge is 0.408 e. The molecular formula is C13H15BrN4O. The topological polar surface area (TPSA) is 63.8 Å². The van der Waals surface area contributed by atoms with Gasteiger partial charge in [0, 0.05) is 5.92 Å². The molecule has 2 aromatic heterocycles. The number of nitrogens with zero attached hydrogens (tertiary/aromatic N) is 3. The fraction of sp³-hybridized carbons (Fsp3) is 0.462. The minimum Gasteiger partial charge on any atom is -0.408 e. The fourth-order valence-corrected chi connectivity index (χ4v) is 2.61. The molecule has 2 aromatic rings. The van der Waals surface area contributed by atoms with Crippen molar-refractivity contribution < 1.29 is 4.42 Å². The van der Waals surface area contributed by atoms with Crippen molar-refractivity contribution in [2.24, 2.45) is 0 Å². The van der Waals surface area contributed by atoms with Crippen molar-refractivity contribution in [2.75, 3.05) is 5.32 Å². The zero-order chi connectivity index (χ0) is 13.1. The molecular weight excluding hydrogens is 308 g/mol. The second-order valence-corrected chi connectivity index (χ2v) is 5.59. The molecule has 0 bridgehead atoms. The highest BCUT2D eigenvalue weighted by atomic mass is 79.9. The molecule has 2 heterocycles. The molecule has 1 saturated carbocycles. The van der Waals surface area contributed by atoms with Crippen LogP contribution in [0.15, 0.2) is 27.3 Å². The highest BCUT2D eigenvalue weighted by molar-refractivity contribution is 9.10. The van der Waals surface area contributed by atoms with E-state index in [1.54, 1.807) is 6.20 Å². The van der Waals surface area contributed by atoms with Crippen molar-refractivity contribution >= 4 is 27.6 Å². The molecule has 0 aromatic carbocycles. The second-order valence-electron chi connectivity index (χ2n) is 4.77. The van der Waals surface area contributed by atoms with Gasteiger partial charge in [-0.05, 0) is 40.9 Å². The van der Waals surface area contributed by atoms with Crippen molar-refractivity contribution in [1.82, 2.24) is 15.2 Å². The number of hydrogen-bond donors (Lipinski definition) is 1. The molecule has 1 aliphatic rings. The number of halogens is 1. The van der Waals surface area contributed by atoms with E-state index in [0.717, 1.165) is 29.0 Å². The number of rotatable bonds is 3. The molecule has 6 heteroatoms. The van der Waals surface area contributed by atoms with E-state index >= 15 is 0 Å². The summed E-state index contributed by atoms with van der Waals surface area (Å²) >= 11 is 3.30. The van der Waals surface area contributed by atoms with E-state index in [4.69, 9.17) is 4.42 Å². The van der Waals surface area contributed by atoms with E-state index in [9.17, 15) is 0 Å². The highest BCUT2D eigenvalue weighted by Crippen LogP contribution is 2.32.